The lowest BCUT2D eigenvalue weighted by Crippen LogP contribution is -2.46. The van der Waals surface area contributed by atoms with Crippen LogP contribution >= 0.6 is 0 Å². The Morgan fingerprint density at radius 3 is 2.44 bits per heavy atom. The molecule has 1 heterocycles. The van der Waals surface area contributed by atoms with Crippen molar-refractivity contribution in [2.24, 2.45) is 0 Å². The molecule has 0 unspecified atom stereocenters. The summed E-state index contributed by atoms with van der Waals surface area (Å²) in [5.41, 5.74) is 1.45. The number of sulfonamides is 1. The lowest BCUT2D eigenvalue weighted by atomic mass is 10.1. The Hall–Kier alpha value is -2.62. The largest absolute Gasteiger partial charge is 0.449 e. The molecule has 1 aromatic carbocycles. The molecular formula is C17H23N3O6S. The number of rotatable bonds is 5. The van der Waals surface area contributed by atoms with Crippen LogP contribution in [0.5, 0.6) is 0 Å². The topological polar surface area (TPSA) is 122 Å². The first-order valence-electron chi connectivity index (χ1n) is 8.42. The van der Waals surface area contributed by atoms with Gasteiger partial charge in [-0.25, -0.2) is 18.0 Å². The van der Waals surface area contributed by atoms with Crippen molar-refractivity contribution < 1.29 is 27.5 Å². The molecule has 0 saturated heterocycles. The van der Waals surface area contributed by atoms with Gasteiger partial charge in [0, 0.05) is 12.6 Å². The Morgan fingerprint density at radius 2 is 1.85 bits per heavy atom. The SMILES string of the molecule is CC(C)NC(=O)NC(=O)[C@H](C)OC(=O)c1ccc2c(c1)CCN2S(C)(=O)=O. The molecule has 3 amide bonds. The summed E-state index contributed by atoms with van der Waals surface area (Å²) in [5.74, 6) is -1.48. The number of esters is 1. The number of fused-ring (bicyclic) bond motifs is 1. The van der Waals surface area contributed by atoms with Gasteiger partial charge in [-0.3, -0.25) is 14.4 Å². The second kappa shape index (κ2) is 7.95. The van der Waals surface area contributed by atoms with Crippen molar-refractivity contribution in [2.75, 3.05) is 17.1 Å². The number of anilines is 1. The van der Waals surface area contributed by atoms with E-state index in [1.165, 1.54) is 17.3 Å². The molecule has 1 aliphatic heterocycles. The summed E-state index contributed by atoms with van der Waals surface area (Å²) in [4.78, 5) is 35.7. The molecule has 0 saturated carbocycles. The Morgan fingerprint density at radius 1 is 1.19 bits per heavy atom. The molecule has 1 atom stereocenters. The van der Waals surface area contributed by atoms with Gasteiger partial charge in [0.1, 0.15) is 0 Å². The maximum atomic E-state index is 12.3. The van der Waals surface area contributed by atoms with E-state index in [-0.39, 0.29) is 11.6 Å². The Bertz CT molecular complexity index is 865. The van der Waals surface area contributed by atoms with Gasteiger partial charge in [-0.2, -0.15) is 0 Å². The lowest BCUT2D eigenvalue weighted by molar-refractivity contribution is -0.127. The van der Waals surface area contributed by atoms with Gasteiger partial charge in [0.05, 0.1) is 17.5 Å². The zero-order valence-corrected chi connectivity index (χ0v) is 16.4. The van der Waals surface area contributed by atoms with Gasteiger partial charge in [-0.15, -0.1) is 0 Å². The Balaban J connectivity index is 2.02. The van der Waals surface area contributed by atoms with Crippen LogP contribution in [0.25, 0.3) is 0 Å². The third-order valence-electron chi connectivity index (χ3n) is 3.88. The molecule has 0 radical (unpaired) electrons. The molecule has 2 N–H and O–H groups in total. The second-order valence-corrected chi connectivity index (χ2v) is 8.50. The molecule has 27 heavy (non-hydrogen) atoms. The number of urea groups is 1. The Kier molecular flexibility index (Phi) is 6.09. The number of carbonyl (C=O) groups excluding carboxylic acids is 3. The number of ether oxygens (including phenoxy) is 1. The van der Waals surface area contributed by atoms with E-state index >= 15 is 0 Å². The average molecular weight is 397 g/mol. The Labute approximate surface area is 158 Å². The van der Waals surface area contributed by atoms with Crippen molar-refractivity contribution in [1.29, 1.82) is 0 Å². The van der Waals surface area contributed by atoms with Gasteiger partial charge in [0.25, 0.3) is 5.91 Å². The maximum absolute atomic E-state index is 12.3. The second-order valence-electron chi connectivity index (χ2n) is 6.59. The molecule has 148 valence electrons. The number of hydrogen-bond acceptors (Lipinski definition) is 6. The number of amides is 3. The standard InChI is InChI=1S/C17H23N3O6S/c1-10(2)18-17(23)19-15(21)11(3)26-16(22)13-5-6-14-12(9-13)7-8-20(14)27(4,24)25/h5-6,9-11H,7-8H2,1-4H3,(H2,18,19,21,23)/t11-/m0/s1. The van der Waals surface area contributed by atoms with Crippen LogP contribution in [0.4, 0.5) is 10.5 Å². The minimum atomic E-state index is -3.37. The third kappa shape index (κ3) is 5.19. The highest BCUT2D eigenvalue weighted by molar-refractivity contribution is 7.92. The highest BCUT2D eigenvalue weighted by atomic mass is 32.2. The third-order valence-corrected chi connectivity index (χ3v) is 5.06. The van der Waals surface area contributed by atoms with E-state index in [0.29, 0.717) is 24.2 Å². The van der Waals surface area contributed by atoms with Crippen LogP contribution in [0.2, 0.25) is 0 Å². The van der Waals surface area contributed by atoms with E-state index in [2.05, 4.69) is 10.6 Å². The van der Waals surface area contributed by atoms with Crippen molar-refractivity contribution >= 4 is 33.6 Å². The van der Waals surface area contributed by atoms with E-state index in [9.17, 15) is 22.8 Å². The molecule has 0 spiro atoms. The molecule has 0 bridgehead atoms. The van der Waals surface area contributed by atoms with Crippen LogP contribution < -0.4 is 14.9 Å². The van der Waals surface area contributed by atoms with Gasteiger partial charge >= 0.3 is 12.0 Å². The van der Waals surface area contributed by atoms with E-state index in [0.717, 1.165) is 6.26 Å². The highest BCUT2D eigenvalue weighted by Crippen LogP contribution is 2.30. The fourth-order valence-corrected chi connectivity index (χ4v) is 3.60. The van der Waals surface area contributed by atoms with Crippen molar-refractivity contribution in [3.05, 3.63) is 29.3 Å². The molecular weight excluding hydrogens is 374 g/mol. The molecule has 0 aliphatic carbocycles. The minimum absolute atomic E-state index is 0.145. The monoisotopic (exact) mass is 397 g/mol. The zero-order chi connectivity index (χ0) is 20.4. The van der Waals surface area contributed by atoms with Gasteiger partial charge in [-0.05, 0) is 51.0 Å². The first-order chi connectivity index (χ1) is 12.5. The summed E-state index contributed by atoms with van der Waals surface area (Å²) >= 11 is 0. The fraction of sp³-hybridized carbons (Fsp3) is 0.471. The van der Waals surface area contributed by atoms with Crippen molar-refractivity contribution in [1.82, 2.24) is 10.6 Å². The van der Waals surface area contributed by atoms with Crippen LogP contribution in [-0.4, -0.2) is 51.3 Å². The summed E-state index contributed by atoms with van der Waals surface area (Å²) in [6.07, 6.45) is 0.436. The number of carbonyl (C=O) groups is 3. The maximum Gasteiger partial charge on any atom is 0.338 e. The molecule has 10 heteroatoms. The molecule has 0 fully saturated rings. The van der Waals surface area contributed by atoms with Crippen molar-refractivity contribution in [3.63, 3.8) is 0 Å². The lowest BCUT2D eigenvalue weighted by Gasteiger charge is -2.17. The van der Waals surface area contributed by atoms with Gasteiger partial charge < -0.3 is 10.1 Å². The van der Waals surface area contributed by atoms with Crippen LogP contribution in [-0.2, 0) is 26.0 Å². The summed E-state index contributed by atoms with van der Waals surface area (Å²) in [6.45, 7) is 5.16. The van der Waals surface area contributed by atoms with E-state index in [4.69, 9.17) is 4.74 Å². The molecule has 2 rings (SSSR count). The fourth-order valence-electron chi connectivity index (χ4n) is 2.64. The van der Waals surface area contributed by atoms with Gasteiger partial charge in [0.15, 0.2) is 6.10 Å². The smallest absolute Gasteiger partial charge is 0.338 e. The number of imide groups is 1. The summed E-state index contributed by atoms with van der Waals surface area (Å²) in [5, 5.41) is 4.59. The summed E-state index contributed by atoms with van der Waals surface area (Å²) in [7, 11) is -3.37. The summed E-state index contributed by atoms with van der Waals surface area (Å²) in [6, 6.07) is 3.73. The van der Waals surface area contributed by atoms with E-state index in [1.807, 2.05) is 0 Å². The number of benzene rings is 1. The zero-order valence-electron chi connectivity index (χ0n) is 15.6. The summed E-state index contributed by atoms with van der Waals surface area (Å²) < 4.78 is 29.9. The molecule has 0 aromatic heterocycles. The normalized spacial score (nSPS) is 14.5. The van der Waals surface area contributed by atoms with Crippen LogP contribution in [0, 0.1) is 0 Å². The average Bonchev–Trinajstić information content (AvgIpc) is 2.96. The van der Waals surface area contributed by atoms with Crippen molar-refractivity contribution in [2.45, 2.75) is 39.3 Å². The van der Waals surface area contributed by atoms with Crippen LogP contribution in [0.1, 0.15) is 36.7 Å². The first kappa shape index (κ1) is 20.7. The van der Waals surface area contributed by atoms with Gasteiger partial charge in [0.2, 0.25) is 10.0 Å². The number of nitrogens with zero attached hydrogens (tertiary/aromatic N) is 1. The number of hydrogen-bond donors (Lipinski definition) is 2. The quantitative estimate of drug-likeness (QED) is 0.709. The first-order valence-corrected chi connectivity index (χ1v) is 10.3. The molecule has 1 aromatic rings. The number of nitrogens with one attached hydrogen (secondary N) is 2. The predicted octanol–water partition coefficient (Wildman–Crippen LogP) is 0.788. The van der Waals surface area contributed by atoms with Crippen LogP contribution in [0.3, 0.4) is 0 Å². The van der Waals surface area contributed by atoms with E-state index < -0.39 is 34.0 Å². The van der Waals surface area contributed by atoms with Gasteiger partial charge in [-0.1, -0.05) is 0 Å². The minimum Gasteiger partial charge on any atom is -0.449 e. The highest BCUT2D eigenvalue weighted by Gasteiger charge is 2.28. The molecule has 1 aliphatic rings. The van der Waals surface area contributed by atoms with Crippen molar-refractivity contribution in [3.8, 4) is 0 Å². The van der Waals surface area contributed by atoms with Crippen LogP contribution in [0.15, 0.2) is 18.2 Å². The predicted molar refractivity (Wildman–Crippen MR) is 99.0 cm³/mol. The van der Waals surface area contributed by atoms with E-state index in [1.54, 1.807) is 26.0 Å². The molecule has 9 nitrogen and oxygen atoms in total.